The summed E-state index contributed by atoms with van der Waals surface area (Å²) in [5, 5.41) is 6.45. The Balaban J connectivity index is 2.19. The van der Waals surface area contributed by atoms with Gasteiger partial charge in [-0.25, -0.2) is 0 Å². The number of nitrogens with one attached hydrogen (secondary N) is 1. The largest absolute Gasteiger partial charge is 0.361 e. The molecule has 0 aliphatic heterocycles. The van der Waals surface area contributed by atoms with E-state index in [9.17, 15) is 4.79 Å². The van der Waals surface area contributed by atoms with Crippen molar-refractivity contribution in [2.75, 3.05) is 6.54 Å². The van der Waals surface area contributed by atoms with Crippen molar-refractivity contribution in [2.45, 2.75) is 39.5 Å². The molecule has 0 aromatic carbocycles. The predicted octanol–water partition coefficient (Wildman–Crippen LogP) is 2.29. The van der Waals surface area contributed by atoms with Crippen LogP contribution in [0.1, 0.15) is 48.9 Å². The second-order valence-electron chi connectivity index (χ2n) is 3.64. The van der Waals surface area contributed by atoms with Gasteiger partial charge in [0.25, 0.3) is 5.91 Å². The average Bonchev–Trinajstić information content (AvgIpc) is 2.64. The van der Waals surface area contributed by atoms with Crippen LogP contribution in [0.25, 0.3) is 0 Å². The number of aryl methyl sites for hydroxylation is 1. The molecule has 0 aliphatic rings. The van der Waals surface area contributed by atoms with E-state index < -0.39 is 0 Å². The van der Waals surface area contributed by atoms with Crippen LogP contribution in [0.5, 0.6) is 0 Å². The maximum Gasteiger partial charge on any atom is 0.273 e. The molecule has 1 aromatic heterocycles. The number of hydrogen-bond acceptors (Lipinski definition) is 3. The molecule has 15 heavy (non-hydrogen) atoms. The van der Waals surface area contributed by atoms with E-state index in [0.717, 1.165) is 12.8 Å². The summed E-state index contributed by atoms with van der Waals surface area (Å²) in [6.07, 6.45) is 4.61. The lowest BCUT2D eigenvalue weighted by atomic mass is 10.2. The van der Waals surface area contributed by atoms with Gasteiger partial charge in [0, 0.05) is 12.6 Å². The molecule has 0 bridgehead atoms. The highest BCUT2D eigenvalue weighted by molar-refractivity contribution is 5.92. The van der Waals surface area contributed by atoms with Crippen LogP contribution >= 0.6 is 0 Å². The topological polar surface area (TPSA) is 55.1 Å². The highest BCUT2D eigenvalue weighted by Crippen LogP contribution is 2.01. The molecule has 0 aliphatic carbocycles. The van der Waals surface area contributed by atoms with Gasteiger partial charge in [0.15, 0.2) is 5.69 Å². The van der Waals surface area contributed by atoms with E-state index in [0.29, 0.717) is 18.0 Å². The standard InChI is InChI=1S/C11H18N2O2/c1-3-4-5-6-7-12-11(14)10-8-9(2)15-13-10/h8H,3-7H2,1-2H3,(H,12,14). The molecule has 0 unspecified atom stereocenters. The normalized spacial score (nSPS) is 10.3. The Labute approximate surface area is 90.0 Å². The molecular formula is C11H18N2O2. The molecule has 1 heterocycles. The number of aromatic nitrogens is 1. The molecule has 1 N–H and O–H groups in total. The summed E-state index contributed by atoms with van der Waals surface area (Å²) in [5.74, 6) is 0.509. The number of amides is 1. The van der Waals surface area contributed by atoms with Gasteiger partial charge in [-0.3, -0.25) is 4.79 Å². The van der Waals surface area contributed by atoms with E-state index in [1.165, 1.54) is 12.8 Å². The van der Waals surface area contributed by atoms with Crippen LogP contribution in [-0.2, 0) is 0 Å². The Morgan fingerprint density at radius 2 is 2.27 bits per heavy atom. The molecule has 4 heteroatoms. The fourth-order valence-corrected chi connectivity index (χ4v) is 1.32. The van der Waals surface area contributed by atoms with Gasteiger partial charge in [-0.15, -0.1) is 0 Å². The summed E-state index contributed by atoms with van der Waals surface area (Å²) in [6.45, 7) is 4.65. The molecule has 0 fully saturated rings. The molecule has 1 amide bonds. The number of hydrogen-bond donors (Lipinski definition) is 1. The van der Waals surface area contributed by atoms with Gasteiger partial charge in [-0.2, -0.15) is 0 Å². The Morgan fingerprint density at radius 1 is 1.47 bits per heavy atom. The van der Waals surface area contributed by atoms with E-state index in [1.54, 1.807) is 13.0 Å². The second kappa shape index (κ2) is 6.22. The van der Waals surface area contributed by atoms with Crippen molar-refractivity contribution in [1.82, 2.24) is 10.5 Å². The minimum Gasteiger partial charge on any atom is -0.361 e. The summed E-state index contributed by atoms with van der Waals surface area (Å²) in [5.41, 5.74) is 0.364. The maximum absolute atomic E-state index is 11.5. The SMILES string of the molecule is CCCCCCNC(=O)c1cc(C)on1. The van der Waals surface area contributed by atoms with E-state index >= 15 is 0 Å². The van der Waals surface area contributed by atoms with Crippen LogP contribution in [0.4, 0.5) is 0 Å². The highest BCUT2D eigenvalue weighted by Gasteiger charge is 2.09. The first-order chi connectivity index (χ1) is 7.24. The summed E-state index contributed by atoms with van der Waals surface area (Å²) < 4.78 is 4.82. The van der Waals surface area contributed by atoms with Gasteiger partial charge in [-0.1, -0.05) is 31.3 Å². The van der Waals surface area contributed by atoms with Crippen molar-refractivity contribution >= 4 is 5.91 Å². The van der Waals surface area contributed by atoms with Crippen LogP contribution < -0.4 is 5.32 Å². The predicted molar refractivity (Wildman–Crippen MR) is 57.7 cm³/mol. The molecule has 0 saturated heterocycles. The third kappa shape index (κ3) is 4.14. The lowest BCUT2D eigenvalue weighted by Crippen LogP contribution is -2.24. The minimum atomic E-state index is -0.150. The first-order valence-corrected chi connectivity index (χ1v) is 5.45. The van der Waals surface area contributed by atoms with Crippen LogP contribution in [-0.4, -0.2) is 17.6 Å². The zero-order valence-corrected chi connectivity index (χ0v) is 9.38. The minimum absolute atomic E-state index is 0.150. The first kappa shape index (κ1) is 11.8. The van der Waals surface area contributed by atoms with E-state index in [1.807, 2.05) is 0 Å². The van der Waals surface area contributed by atoms with E-state index in [2.05, 4.69) is 17.4 Å². The molecule has 1 rings (SSSR count). The van der Waals surface area contributed by atoms with Crippen molar-refractivity contribution in [1.29, 1.82) is 0 Å². The van der Waals surface area contributed by atoms with Crippen molar-refractivity contribution in [2.24, 2.45) is 0 Å². The molecule has 0 saturated carbocycles. The summed E-state index contributed by atoms with van der Waals surface area (Å²) >= 11 is 0. The number of rotatable bonds is 6. The van der Waals surface area contributed by atoms with Gasteiger partial charge >= 0.3 is 0 Å². The quantitative estimate of drug-likeness (QED) is 0.733. The van der Waals surface area contributed by atoms with Crippen molar-refractivity contribution in [3.63, 3.8) is 0 Å². The highest BCUT2D eigenvalue weighted by atomic mass is 16.5. The maximum atomic E-state index is 11.5. The monoisotopic (exact) mass is 210 g/mol. The number of carbonyl (C=O) groups is 1. The molecule has 0 atom stereocenters. The average molecular weight is 210 g/mol. The van der Waals surface area contributed by atoms with Gasteiger partial charge < -0.3 is 9.84 Å². The third-order valence-corrected chi connectivity index (χ3v) is 2.18. The second-order valence-corrected chi connectivity index (χ2v) is 3.64. The van der Waals surface area contributed by atoms with Gasteiger partial charge in [0.1, 0.15) is 5.76 Å². The molecule has 84 valence electrons. The van der Waals surface area contributed by atoms with Crippen molar-refractivity contribution in [3.8, 4) is 0 Å². The van der Waals surface area contributed by atoms with Gasteiger partial charge in [0.2, 0.25) is 0 Å². The molecule has 0 spiro atoms. The Bertz CT molecular complexity index is 307. The zero-order chi connectivity index (χ0) is 11.1. The summed E-state index contributed by atoms with van der Waals surface area (Å²) in [6, 6.07) is 1.64. The van der Waals surface area contributed by atoms with Crippen LogP contribution in [0.2, 0.25) is 0 Å². The molecule has 1 aromatic rings. The lowest BCUT2D eigenvalue weighted by molar-refractivity contribution is 0.0944. The number of nitrogens with zero attached hydrogens (tertiary/aromatic N) is 1. The molecular weight excluding hydrogens is 192 g/mol. The fraction of sp³-hybridized carbons (Fsp3) is 0.636. The van der Waals surface area contributed by atoms with Crippen molar-refractivity contribution < 1.29 is 9.32 Å². The first-order valence-electron chi connectivity index (χ1n) is 5.45. The molecule has 0 radical (unpaired) electrons. The zero-order valence-electron chi connectivity index (χ0n) is 9.38. The Hall–Kier alpha value is -1.32. The lowest BCUT2D eigenvalue weighted by Gasteiger charge is -2.01. The third-order valence-electron chi connectivity index (χ3n) is 2.18. The Kier molecular flexibility index (Phi) is 4.87. The van der Waals surface area contributed by atoms with Crippen LogP contribution in [0.15, 0.2) is 10.6 Å². The molecule has 4 nitrogen and oxygen atoms in total. The fourth-order valence-electron chi connectivity index (χ4n) is 1.32. The smallest absolute Gasteiger partial charge is 0.273 e. The van der Waals surface area contributed by atoms with Crippen molar-refractivity contribution in [3.05, 3.63) is 17.5 Å². The summed E-state index contributed by atoms with van der Waals surface area (Å²) in [4.78, 5) is 11.5. The van der Waals surface area contributed by atoms with Gasteiger partial charge in [-0.05, 0) is 13.3 Å². The van der Waals surface area contributed by atoms with Gasteiger partial charge in [0.05, 0.1) is 0 Å². The number of carbonyl (C=O) groups excluding carboxylic acids is 1. The summed E-state index contributed by atoms with van der Waals surface area (Å²) in [7, 11) is 0. The van der Waals surface area contributed by atoms with E-state index in [-0.39, 0.29) is 5.91 Å². The Morgan fingerprint density at radius 3 is 2.87 bits per heavy atom. The van der Waals surface area contributed by atoms with Crippen LogP contribution in [0.3, 0.4) is 0 Å². The van der Waals surface area contributed by atoms with Crippen LogP contribution in [0, 0.1) is 6.92 Å². The number of unbranched alkanes of at least 4 members (excludes halogenated alkanes) is 3. The van der Waals surface area contributed by atoms with E-state index in [4.69, 9.17) is 4.52 Å².